The average molecular weight is 1450 g/mol. The van der Waals surface area contributed by atoms with Crippen LogP contribution >= 0.6 is 15.6 Å². The second-order valence-corrected chi connectivity index (χ2v) is 33.6. The standard InChI is InChI=1S/C80H156O17P2/c1-70(2)56-48-40-32-24-17-13-9-11-15-19-28-36-44-52-60-77(82)90-66-75(96-79(84)62-54-46-38-29-20-16-12-10-14-18-25-33-41-49-57-71(3)4)68-94-98(86,87)92-64-74(81)65-93-99(88,89)95-69-76(67-91-78(83)61-53-45-37-31-23-27-35-43-51-59-73(7)8)97-80(85)63-55-47-39-30-22-21-26-34-42-50-58-72(5)6/h70-76,81H,9-69H2,1-8H3,(H,86,87)(H,88,89)/t74-,75-,76-/m1/s1. The number of ether oxygens (including phenoxy) is 4. The SMILES string of the molecule is CC(C)CCCCCCCCCCCCCCCCC(=O)OC[C@H](COP(=O)(O)OC[C@@H](O)COP(=O)(O)OC[C@@H](COC(=O)CCCCCCCCCCCC(C)C)OC(=O)CCCCCCCCCCCCC(C)C)OC(=O)CCCCCCCCCCCCCCCCC(C)C. The Labute approximate surface area is 607 Å². The number of hydrogen-bond acceptors (Lipinski definition) is 15. The number of phosphoric acid groups is 2. The molecule has 0 aromatic rings. The van der Waals surface area contributed by atoms with E-state index in [0.717, 1.165) is 114 Å². The smallest absolute Gasteiger partial charge is 0.462 e. The van der Waals surface area contributed by atoms with Gasteiger partial charge in [-0.25, -0.2) is 9.13 Å². The third-order valence-electron chi connectivity index (χ3n) is 18.6. The molecule has 0 aliphatic heterocycles. The van der Waals surface area contributed by atoms with Crippen LogP contribution in [-0.2, 0) is 65.4 Å². The van der Waals surface area contributed by atoms with Crippen LogP contribution in [0.2, 0.25) is 0 Å². The number of rotatable bonds is 77. The molecule has 0 saturated carbocycles. The maximum absolute atomic E-state index is 13.1. The van der Waals surface area contributed by atoms with Crippen molar-refractivity contribution in [3.05, 3.63) is 0 Å². The molecule has 5 atom stereocenters. The highest BCUT2D eigenvalue weighted by molar-refractivity contribution is 7.47. The van der Waals surface area contributed by atoms with Crippen molar-refractivity contribution >= 4 is 39.5 Å². The Morgan fingerprint density at radius 1 is 0.253 bits per heavy atom. The number of hydrogen-bond donors (Lipinski definition) is 3. The average Bonchev–Trinajstić information content (AvgIpc) is 0.930. The van der Waals surface area contributed by atoms with Crippen LogP contribution in [0.1, 0.15) is 409 Å². The molecule has 0 amide bonds. The van der Waals surface area contributed by atoms with Crippen molar-refractivity contribution < 1.29 is 80.2 Å². The fourth-order valence-electron chi connectivity index (χ4n) is 12.3. The van der Waals surface area contributed by atoms with Crippen LogP contribution < -0.4 is 0 Å². The highest BCUT2D eigenvalue weighted by Gasteiger charge is 2.30. The van der Waals surface area contributed by atoms with E-state index in [1.807, 2.05) is 0 Å². The highest BCUT2D eigenvalue weighted by atomic mass is 31.2. The molecule has 588 valence electrons. The number of esters is 4. The number of unbranched alkanes of at least 4 members (excludes halogenated alkanes) is 43. The Bertz CT molecular complexity index is 1940. The molecule has 17 nitrogen and oxygen atoms in total. The van der Waals surface area contributed by atoms with Crippen LogP contribution in [0.15, 0.2) is 0 Å². The molecule has 0 heterocycles. The summed E-state index contributed by atoms with van der Waals surface area (Å²) in [6, 6.07) is 0. The van der Waals surface area contributed by atoms with Crippen LogP contribution in [0.25, 0.3) is 0 Å². The largest absolute Gasteiger partial charge is 0.472 e. The molecule has 0 aromatic carbocycles. The molecule has 2 unspecified atom stereocenters. The van der Waals surface area contributed by atoms with E-state index in [-0.39, 0.29) is 25.7 Å². The van der Waals surface area contributed by atoms with Gasteiger partial charge in [-0.1, -0.05) is 357 Å². The molecule has 3 N–H and O–H groups in total. The zero-order valence-corrected chi connectivity index (χ0v) is 66.9. The molecule has 0 aliphatic rings. The number of phosphoric ester groups is 2. The summed E-state index contributed by atoms with van der Waals surface area (Å²) >= 11 is 0. The van der Waals surface area contributed by atoms with Gasteiger partial charge in [0.05, 0.1) is 26.4 Å². The van der Waals surface area contributed by atoms with Gasteiger partial charge in [0.2, 0.25) is 0 Å². The van der Waals surface area contributed by atoms with Gasteiger partial charge in [-0.3, -0.25) is 37.3 Å². The minimum Gasteiger partial charge on any atom is -0.462 e. The van der Waals surface area contributed by atoms with E-state index in [0.29, 0.717) is 25.7 Å². The molecule has 19 heteroatoms. The van der Waals surface area contributed by atoms with E-state index in [4.69, 9.17) is 37.0 Å². The lowest BCUT2D eigenvalue weighted by Crippen LogP contribution is -2.30. The van der Waals surface area contributed by atoms with Gasteiger partial charge in [0.15, 0.2) is 12.2 Å². The highest BCUT2D eigenvalue weighted by Crippen LogP contribution is 2.45. The van der Waals surface area contributed by atoms with Crippen molar-refractivity contribution in [2.24, 2.45) is 23.7 Å². The Balaban J connectivity index is 5.26. The van der Waals surface area contributed by atoms with E-state index in [1.165, 1.54) is 212 Å². The first-order chi connectivity index (χ1) is 47.6. The third kappa shape index (κ3) is 74.1. The molecule has 0 radical (unpaired) electrons. The first-order valence-electron chi connectivity index (χ1n) is 41.2. The lowest BCUT2D eigenvalue weighted by molar-refractivity contribution is -0.161. The number of carbonyl (C=O) groups is 4. The van der Waals surface area contributed by atoms with Crippen molar-refractivity contribution in [1.82, 2.24) is 0 Å². The van der Waals surface area contributed by atoms with Crippen LogP contribution in [0.5, 0.6) is 0 Å². The van der Waals surface area contributed by atoms with Gasteiger partial charge in [0, 0.05) is 25.7 Å². The van der Waals surface area contributed by atoms with Crippen LogP contribution in [-0.4, -0.2) is 96.7 Å². The second kappa shape index (κ2) is 69.1. The molecule has 0 fully saturated rings. The predicted molar refractivity (Wildman–Crippen MR) is 404 cm³/mol. The normalized spacial score (nSPS) is 14.1. The summed E-state index contributed by atoms with van der Waals surface area (Å²) < 4.78 is 68.7. The molecule has 0 spiro atoms. The summed E-state index contributed by atoms with van der Waals surface area (Å²) in [5.41, 5.74) is 0. The summed E-state index contributed by atoms with van der Waals surface area (Å²) in [6.45, 7) is 14.3. The maximum atomic E-state index is 13.1. The molecule has 0 saturated heterocycles. The Morgan fingerprint density at radius 2 is 0.424 bits per heavy atom. The van der Waals surface area contributed by atoms with Gasteiger partial charge in [-0.05, 0) is 49.4 Å². The number of aliphatic hydroxyl groups excluding tert-OH is 1. The first-order valence-corrected chi connectivity index (χ1v) is 44.2. The third-order valence-corrected chi connectivity index (χ3v) is 20.5. The zero-order valence-electron chi connectivity index (χ0n) is 65.1. The van der Waals surface area contributed by atoms with Gasteiger partial charge in [-0.15, -0.1) is 0 Å². The van der Waals surface area contributed by atoms with E-state index in [1.54, 1.807) is 0 Å². The molecule has 0 bridgehead atoms. The van der Waals surface area contributed by atoms with Gasteiger partial charge in [0.25, 0.3) is 0 Å². The van der Waals surface area contributed by atoms with Gasteiger partial charge in [0.1, 0.15) is 19.3 Å². The molecule has 0 aliphatic carbocycles. The fraction of sp³-hybridized carbons (Fsp3) is 0.950. The minimum atomic E-state index is -4.96. The summed E-state index contributed by atoms with van der Waals surface area (Å²) in [7, 11) is -9.92. The van der Waals surface area contributed by atoms with E-state index >= 15 is 0 Å². The Kier molecular flexibility index (Phi) is 67.8. The second-order valence-electron chi connectivity index (χ2n) is 30.7. The van der Waals surface area contributed by atoms with E-state index in [9.17, 15) is 43.2 Å². The fourth-order valence-corrected chi connectivity index (χ4v) is 13.8. The lowest BCUT2D eigenvalue weighted by Gasteiger charge is -2.21. The minimum absolute atomic E-state index is 0.105. The van der Waals surface area contributed by atoms with Crippen molar-refractivity contribution in [1.29, 1.82) is 0 Å². The van der Waals surface area contributed by atoms with E-state index < -0.39 is 97.5 Å². The Morgan fingerprint density at radius 3 is 0.626 bits per heavy atom. The summed E-state index contributed by atoms with van der Waals surface area (Å²) in [5.74, 6) is 0.976. The quantitative estimate of drug-likeness (QED) is 0.0222. The molecular weight excluding hydrogens is 1290 g/mol. The monoisotopic (exact) mass is 1450 g/mol. The summed E-state index contributed by atoms with van der Waals surface area (Å²) in [4.78, 5) is 73.0. The first kappa shape index (κ1) is 97.1. The van der Waals surface area contributed by atoms with E-state index in [2.05, 4.69) is 55.4 Å². The van der Waals surface area contributed by atoms with Crippen molar-refractivity contribution in [3.8, 4) is 0 Å². The van der Waals surface area contributed by atoms with Gasteiger partial charge < -0.3 is 33.8 Å². The zero-order chi connectivity index (χ0) is 73.1. The number of carbonyl (C=O) groups excluding carboxylic acids is 4. The van der Waals surface area contributed by atoms with Gasteiger partial charge >= 0.3 is 39.5 Å². The predicted octanol–water partition coefficient (Wildman–Crippen LogP) is 23.6. The van der Waals surface area contributed by atoms with Crippen molar-refractivity contribution in [2.75, 3.05) is 39.6 Å². The summed E-state index contributed by atoms with van der Waals surface area (Å²) in [5, 5.41) is 10.6. The van der Waals surface area contributed by atoms with Crippen molar-refractivity contribution in [3.63, 3.8) is 0 Å². The van der Waals surface area contributed by atoms with Crippen molar-refractivity contribution in [2.45, 2.75) is 427 Å². The topological polar surface area (TPSA) is 237 Å². The molecular formula is C80H156O17P2. The Hall–Kier alpha value is -1.94. The van der Waals surface area contributed by atoms with Crippen LogP contribution in [0.4, 0.5) is 0 Å². The molecule has 0 aromatic heterocycles. The number of aliphatic hydroxyl groups is 1. The molecule has 0 rings (SSSR count). The van der Waals surface area contributed by atoms with Crippen LogP contribution in [0.3, 0.4) is 0 Å². The maximum Gasteiger partial charge on any atom is 0.472 e. The molecule has 99 heavy (non-hydrogen) atoms. The van der Waals surface area contributed by atoms with Crippen LogP contribution in [0, 0.1) is 23.7 Å². The lowest BCUT2D eigenvalue weighted by atomic mass is 10.0. The van der Waals surface area contributed by atoms with Gasteiger partial charge in [-0.2, -0.15) is 0 Å². The summed E-state index contributed by atoms with van der Waals surface area (Å²) in [6.07, 6.45) is 55.4.